The molecular formula is C29H26BrN9O3. The molecule has 1 N–H and O–H groups in total. The fourth-order valence-corrected chi connectivity index (χ4v) is 6.11. The van der Waals surface area contributed by atoms with E-state index < -0.39 is 11.5 Å². The Bertz CT molecular complexity index is 1810. The van der Waals surface area contributed by atoms with Gasteiger partial charge >= 0.3 is 0 Å². The van der Waals surface area contributed by atoms with Crippen LogP contribution in [0, 0.1) is 30.6 Å². The maximum absolute atomic E-state index is 13.9. The lowest BCUT2D eigenvalue weighted by atomic mass is 9.96. The summed E-state index contributed by atoms with van der Waals surface area (Å²) in [5, 5.41) is 17.4. The number of nitriles is 1. The van der Waals surface area contributed by atoms with Gasteiger partial charge in [0.1, 0.15) is 34.5 Å². The largest absolute Gasteiger partial charge is 0.325 e. The summed E-state index contributed by atoms with van der Waals surface area (Å²) in [4.78, 5) is 58.9. The van der Waals surface area contributed by atoms with Gasteiger partial charge in [-0.25, -0.2) is 15.0 Å². The van der Waals surface area contributed by atoms with Crippen LogP contribution in [-0.2, 0) is 16.1 Å². The molecule has 4 aromatic heterocycles. The molecular weight excluding hydrogens is 602 g/mol. The molecule has 0 radical (unpaired) electrons. The maximum Gasteiger partial charge on any atom is 0.248 e. The molecule has 0 bridgehead atoms. The van der Waals surface area contributed by atoms with Gasteiger partial charge < -0.3 is 10.2 Å². The first-order chi connectivity index (χ1) is 20.1. The lowest BCUT2D eigenvalue weighted by molar-refractivity contribution is -0.138. The minimum absolute atomic E-state index is 0.199. The van der Waals surface area contributed by atoms with Crippen LogP contribution in [0.25, 0.3) is 22.2 Å². The number of halogens is 1. The molecule has 1 aliphatic carbocycles. The van der Waals surface area contributed by atoms with Crippen molar-refractivity contribution in [3.05, 3.63) is 58.5 Å². The van der Waals surface area contributed by atoms with Crippen molar-refractivity contribution < 1.29 is 14.4 Å². The van der Waals surface area contributed by atoms with E-state index in [-0.39, 0.29) is 42.3 Å². The van der Waals surface area contributed by atoms with Gasteiger partial charge in [-0.2, -0.15) is 10.4 Å². The lowest BCUT2D eigenvalue weighted by Crippen LogP contribution is -2.47. The first-order valence-electron chi connectivity index (χ1n) is 13.4. The van der Waals surface area contributed by atoms with E-state index >= 15 is 0 Å². The van der Waals surface area contributed by atoms with Gasteiger partial charge in [-0.05, 0) is 60.3 Å². The monoisotopic (exact) mass is 627 g/mol. The van der Waals surface area contributed by atoms with E-state index in [0.29, 0.717) is 51.2 Å². The van der Waals surface area contributed by atoms with E-state index in [9.17, 15) is 19.6 Å². The molecule has 5 heterocycles. The van der Waals surface area contributed by atoms with Crippen molar-refractivity contribution in [1.29, 1.82) is 5.26 Å². The fourth-order valence-electron chi connectivity index (χ4n) is 5.80. The number of nitrogens with zero attached hydrogens (tertiary/aromatic N) is 8. The molecule has 2 amide bonds. The number of ketones is 1. The second-order valence-electron chi connectivity index (χ2n) is 10.9. The van der Waals surface area contributed by atoms with E-state index in [1.807, 2.05) is 13.0 Å². The Morgan fingerprint density at radius 2 is 1.90 bits per heavy atom. The number of anilines is 1. The van der Waals surface area contributed by atoms with Gasteiger partial charge in [0.2, 0.25) is 11.8 Å². The third-order valence-corrected chi connectivity index (χ3v) is 8.52. The third-order valence-electron chi connectivity index (χ3n) is 8.08. The molecule has 212 valence electrons. The summed E-state index contributed by atoms with van der Waals surface area (Å²) < 4.78 is 2.03. The van der Waals surface area contributed by atoms with Crippen LogP contribution in [0.2, 0.25) is 0 Å². The molecule has 1 saturated carbocycles. The Morgan fingerprint density at radius 3 is 2.62 bits per heavy atom. The predicted octanol–water partition coefficient (Wildman–Crippen LogP) is 3.78. The number of aromatic nitrogens is 6. The van der Waals surface area contributed by atoms with Crippen molar-refractivity contribution in [2.24, 2.45) is 5.41 Å². The third kappa shape index (κ3) is 4.81. The van der Waals surface area contributed by atoms with Gasteiger partial charge in [0.05, 0.1) is 23.5 Å². The van der Waals surface area contributed by atoms with Gasteiger partial charge in [-0.15, -0.1) is 0 Å². The zero-order chi connectivity index (χ0) is 29.8. The van der Waals surface area contributed by atoms with Crippen LogP contribution in [0.5, 0.6) is 0 Å². The Morgan fingerprint density at radius 1 is 1.14 bits per heavy atom. The lowest BCUT2D eigenvalue weighted by Gasteiger charge is -2.27. The zero-order valence-electron chi connectivity index (χ0n) is 23.1. The first-order valence-corrected chi connectivity index (χ1v) is 14.2. The van der Waals surface area contributed by atoms with Crippen molar-refractivity contribution in [1.82, 2.24) is 34.6 Å². The van der Waals surface area contributed by atoms with Crippen LogP contribution in [0.15, 0.2) is 41.4 Å². The van der Waals surface area contributed by atoms with Crippen LogP contribution in [-0.4, -0.2) is 64.3 Å². The number of carbonyl (C=O) groups excluding carboxylic acids is 3. The van der Waals surface area contributed by atoms with Crippen molar-refractivity contribution in [3.63, 3.8) is 0 Å². The van der Waals surface area contributed by atoms with Crippen LogP contribution in [0.4, 0.5) is 5.82 Å². The second-order valence-corrected chi connectivity index (χ2v) is 11.7. The normalized spacial score (nSPS) is 20.7. The minimum Gasteiger partial charge on any atom is -0.325 e. The molecule has 13 heteroatoms. The highest BCUT2D eigenvalue weighted by Gasteiger charge is 2.67. The number of piperidine rings is 1. The highest BCUT2D eigenvalue weighted by Crippen LogP contribution is 2.61. The summed E-state index contributed by atoms with van der Waals surface area (Å²) in [7, 11) is 0. The SMILES string of the molecule is CC(=O)c1nn(CC(=O)N2[C@H]3C[C@@]3(CC#N)C[C@H]2C(=O)Nc2nc(Br)ccc2C)c2cnc(-c3cnc(C)nc3)cc12. The number of rotatable bonds is 7. The molecule has 3 atom stereocenters. The van der Waals surface area contributed by atoms with Crippen molar-refractivity contribution in [3.8, 4) is 17.3 Å². The summed E-state index contributed by atoms with van der Waals surface area (Å²) in [5.41, 5.74) is 2.36. The van der Waals surface area contributed by atoms with Crippen LogP contribution in [0.1, 0.15) is 48.1 Å². The first kappa shape index (κ1) is 27.6. The summed E-state index contributed by atoms with van der Waals surface area (Å²) in [5.74, 6) is 0.0903. The van der Waals surface area contributed by atoms with Gasteiger partial charge in [-0.3, -0.25) is 24.0 Å². The summed E-state index contributed by atoms with van der Waals surface area (Å²) in [6, 6.07) is 6.59. The maximum atomic E-state index is 13.9. The Labute approximate surface area is 249 Å². The smallest absolute Gasteiger partial charge is 0.248 e. The molecule has 0 spiro atoms. The summed E-state index contributed by atoms with van der Waals surface area (Å²) in [6.45, 7) is 4.84. The van der Waals surface area contributed by atoms with Crippen LogP contribution >= 0.6 is 15.9 Å². The van der Waals surface area contributed by atoms with Gasteiger partial charge in [0, 0.05) is 48.1 Å². The number of aryl methyl sites for hydroxylation is 2. The van der Waals surface area contributed by atoms with E-state index in [1.54, 1.807) is 42.5 Å². The number of Topliss-reactive ketones (excluding diaryl/α,β-unsaturated/α-hetero) is 1. The number of carbonyl (C=O) groups is 3. The highest BCUT2D eigenvalue weighted by molar-refractivity contribution is 9.10. The predicted molar refractivity (Wildman–Crippen MR) is 155 cm³/mol. The van der Waals surface area contributed by atoms with Gasteiger partial charge in [0.15, 0.2) is 5.78 Å². The number of amides is 2. The molecule has 2 fully saturated rings. The molecule has 6 rings (SSSR count). The fraction of sp³-hybridized carbons (Fsp3) is 0.345. The van der Waals surface area contributed by atoms with E-state index in [1.165, 1.54) is 11.6 Å². The number of pyridine rings is 2. The van der Waals surface area contributed by atoms with Gasteiger partial charge in [-0.1, -0.05) is 6.07 Å². The van der Waals surface area contributed by atoms with E-state index in [2.05, 4.69) is 52.4 Å². The molecule has 1 saturated heterocycles. The van der Waals surface area contributed by atoms with E-state index in [0.717, 1.165) is 5.56 Å². The molecule has 1 aliphatic heterocycles. The Kier molecular flexibility index (Phi) is 6.81. The minimum atomic E-state index is -0.773. The Balaban J connectivity index is 1.31. The number of hydrogen-bond acceptors (Lipinski definition) is 9. The number of nitrogens with one attached hydrogen (secondary N) is 1. The molecule has 2 aliphatic rings. The van der Waals surface area contributed by atoms with Crippen LogP contribution < -0.4 is 5.32 Å². The van der Waals surface area contributed by atoms with Gasteiger partial charge in [0.25, 0.3) is 0 Å². The quantitative estimate of drug-likeness (QED) is 0.237. The number of likely N-dealkylation sites (tertiary alicyclic amines) is 1. The highest BCUT2D eigenvalue weighted by atomic mass is 79.9. The summed E-state index contributed by atoms with van der Waals surface area (Å²) >= 11 is 3.33. The number of hydrogen-bond donors (Lipinski definition) is 1. The van der Waals surface area contributed by atoms with Crippen molar-refractivity contribution in [2.45, 2.75) is 58.7 Å². The Hall–Kier alpha value is -4.57. The van der Waals surface area contributed by atoms with E-state index in [4.69, 9.17) is 0 Å². The van der Waals surface area contributed by atoms with Crippen molar-refractivity contribution >= 4 is 50.2 Å². The number of fused-ring (bicyclic) bond motifs is 2. The molecule has 4 aromatic rings. The summed E-state index contributed by atoms with van der Waals surface area (Å²) in [6.07, 6.45) is 6.19. The zero-order valence-corrected chi connectivity index (χ0v) is 24.7. The van der Waals surface area contributed by atoms with Crippen molar-refractivity contribution in [2.75, 3.05) is 5.32 Å². The molecule has 0 aromatic carbocycles. The standard InChI is InChI=1S/C29H26BrN9O3/c1-15-4-5-24(30)35-27(15)36-28(42)21-9-29(6-7-31)10-23(29)39(21)25(41)14-38-22-13-34-20(18-11-32-17(3)33-12-18)8-19(22)26(37-38)16(2)40/h4-5,8,11-13,21,23H,6,9-10,14H2,1-3H3,(H,35,36,42)/t21-,23-,29+/m0/s1. The second kappa shape index (κ2) is 10.4. The average molecular weight is 628 g/mol. The molecule has 0 unspecified atom stereocenters. The average Bonchev–Trinajstić information content (AvgIpc) is 3.36. The van der Waals surface area contributed by atoms with Crippen LogP contribution in [0.3, 0.4) is 0 Å². The molecule has 12 nitrogen and oxygen atoms in total. The molecule has 42 heavy (non-hydrogen) atoms. The topological polar surface area (TPSA) is 160 Å².